The number of fused-ring (bicyclic) bond motifs is 1. The third-order valence-corrected chi connectivity index (χ3v) is 2.78. The molecule has 0 saturated carbocycles. The molecule has 0 aliphatic rings. The van der Waals surface area contributed by atoms with E-state index in [0.717, 1.165) is 0 Å². The number of phenolic OH excluding ortho intramolecular Hbond substituents is 1. The van der Waals surface area contributed by atoms with Gasteiger partial charge in [0.2, 0.25) is 5.43 Å². The fourth-order valence-corrected chi connectivity index (χ4v) is 1.77. The fourth-order valence-electron chi connectivity index (χ4n) is 1.62. The number of esters is 1. The Hall–Kier alpha value is -2.01. The third kappa shape index (κ3) is 1.93. The molecule has 1 heterocycles. The van der Waals surface area contributed by atoms with Crippen molar-refractivity contribution in [2.45, 2.75) is 6.92 Å². The Kier molecular flexibility index (Phi) is 3.25. The highest BCUT2D eigenvalue weighted by atomic mass is 35.5. The van der Waals surface area contributed by atoms with E-state index in [4.69, 9.17) is 16.3 Å². The lowest BCUT2D eigenvalue weighted by atomic mass is 10.1. The molecule has 2 rings (SSSR count). The van der Waals surface area contributed by atoms with Gasteiger partial charge < -0.3 is 14.8 Å². The number of aromatic nitrogens is 1. The number of ether oxygens (including phenoxy) is 1. The van der Waals surface area contributed by atoms with Gasteiger partial charge in [-0.1, -0.05) is 11.6 Å². The Labute approximate surface area is 107 Å². The Bertz CT molecular complexity index is 678. The number of benzene rings is 1. The lowest BCUT2D eigenvalue weighted by Crippen LogP contribution is -2.18. The van der Waals surface area contributed by atoms with Crippen molar-refractivity contribution in [3.8, 4) is 5.75 Å². The van der Waals surface area contributed by atoms with Crippen LogP contribution in [0.15, 0.2) is 23.1 Å². The smallest absolute Gasteiger partial charge is 0.343 e. The first-order valence-electron chi connectivity index (χ1n) is 5.26. The first-order chi connectivity index (χ1) is 8.56. The topological polar surface area (TPSA) is 79.4 Å². The molecular weight excluding hydrogens is 258 g/mol. The zero-order chi connectivity index (χ0) is 13.3. The van der Waals surface area contributed by atoms with Gasteiger partial charge in [0.25, 0.3) is 0 Å². The SMILES string of the molecule is CCOC(=O)c1c[nH]c2c(O)c(Cl)ccc2c1=O. The Balaban J connectivity index is 2.70. The molecule has 0 spiro atoms. The van der Waals surface area contributed by atoms with E-state index in [1.807, 2.05) is 0 Å². The van der Waals surface area contributed by atoms with Gasteiger partial charge >= 0.3 is 5.97 Å². The van der Waals surface area contributed by atoms with Crippen molar-refractivity contribution in [3.63, 3.8) is 0 Å². The maximum Gasteiger partial charge on any atom is 0.343 e. The van der Waals surface area contributed by atoms with Gasteiger partial charge in [-0.3, -0.25) is 4.79 Å². The first kappa shape index (κ1) is 12.4. The van der Waals surface area contributed by atoms with Crippen LogP contribution in [0.3, 0.4) is 0 Å². The summed E-state index contributed by atoms with van der Waals surface area (Å²) in [7, 11) is 0. The summed E-state index contributed by atoms with van der Waals surface area (Å²) in [5.74, 6) is -0.920. The summed E-state index contributed by atoms with van der Waals surface area (Å²) in [6.45, 7) is 1.83. The average Bonchev–Trinajstić information content (AvgIpc) is 2.34. The van der Waals surface area contributed by atoms with Gasteiger partial charge in [-0.2, -0.15) is 0 Å². The number of rotatable bonds is 2. The zero-order valence-corrected chi connectivity index (χ0v) is 10.2. The Morgan fingerprint density at radius 1 is 1.50 bits per heavy atom. The van der Waals surface area contributed by atoms with Crippen LogP contribution in [0.5, 0.6) is 5.75 Å². The van der Waals surface area contributed by atoms with Gasteiger partial charge in [0, 0.05) is 6.20 Å². The van der Waals surface area contributed by atoms with Crippen LogP contribution in [-0.2, 0) is 4.74 Å². The second-order valence-corrected chi connectivity index (χ2v) is 3.98. The molecule has 2 aromatic rings. The molecular formula is C12H10ClNO4. The minimum Gasteiger partial charge on any atom is -0.504 e. The molecule has 18 heavy (non-hydrogen) atoms. The van der Waals surface area contributed by atoms with Crippen LogP contribution in [0.4, 0.5) is 0 Å². The predicted octanol–water partition coefficient (Wildman–Crippen LogP) is 2.06. The molecule has 1 aromatic heterocycles. The van der Waals surface area contributed by atoms with E-state index < -0.39 is 11.4 Å². The number of aromatic hydroxyl groups is 1. The Morgan fingerprint density at radius 2 is 2.22 bits per heavy atom. The van der Waals surface area contributed by atoms with E-state index in [9.17, 15) is 14.7 Å². The third-order valence-electron chi connectivity index (χ3n) is 2.47. The Morgan fingerprint density at radius 3 is 2.89 bits per heavy atom. The van der Waals surface area contributed by atoms with E-state index in [-0.39, 0.29) is 33.8 Å². The van der Waals surface area contributed by atoms with E-state index in [1.165, 1.54) is 18.3 Å². The van der Waals surface area contributed by atoms with Crippen LogP contribution < -0.4 is 5.43 Å². The van der Waals surface area contributed by atoms with Gasteiger partial charge in [-0.25, -0.2) is 4.79 Å². The minimum atomic E-state index is -0.699. The van der Waals surface area contributed by atoms with Crippen molar-refractivity contribution in [2.24, 2.45) is 0 Å². The minimum absolute atomic E-state index is 0.105. The number of hydrogen-bond acceptors (Lipinski definition) is 4. The number of carbonyl (C=O) groups is 1. The van der Waals surface area contributed by atoms with Crippen molar-refractivity contribution in [2.75, 3.05) is 6.61 Å². The van der Waals surface area contributed by atoms with E-state index in [1.54, 1.807) is 6.92 Å². The molecule has 0 atom stereocenters. The second kappa shape index (κ2) is 4.70. The standard InChI is InChI=1S/C12H10ClNO4/c1-2-18-12(17)7-5-14-9-6(10(7)15)3-4-8(13)11(9)16/h3-5,16H,2H2,1H3,(H,14,15). The molecule has 0 amide bonds. The molecule has 0 radical (unpaired) electrons. The number of nitrogens with one attached hydrogen (secondary N) is 1. The van der Waals surface area contributed by atoms with E-state index in [0.29, 0.717) is 0 Å². The monoisotopic (exact) mass is 267 g/mol. The van der Waals surface area contributed by atoms with Gasteiger partial charge in [-0.05, 0) is 19.1 Å². The first-order valence-corrected chi connectivity index (χ1v) is 5.64. The maximum atomic E-state index is 12.0. The van der Waals surface area contributed by atoms with Crippen molar-refractivity contribution in [1.82, 2.24) is 4.98 Å². The van der Waals surface area contributed by atoms with Crippen molar-refractivity contribution in [3.05, 3.63) is 39.1 Å². The number of carbonyl (C=O) groups excluding carboxylic acids is 1. The summed E-state index contributed by atoms with van der Waals surface area (Å²) in [6, 6.07) is 2.84. The summed E-state index contributed by atoms with van der Waals surface area (Å²) >= 11 is 5.73. The molecule has 6 heteroatoms. The van der Waals surface area contributed by atoms with Crippen LogP contribution in [0, 0.1) is 0 Å². The maximum absolute atomic E-state index is 12.0. The number of halogens is 1. The highest BCUT2D eigenvalue weighted by molar-refractivity contribution is 6.33. The van der Waals surface area contributed by atoms with Crippen molar-refractivity contribution >= 4 is 28.5 Å². The predicted molar refractivity (Wildman–Crippen MR) is 67.2 cm³/mol. The normalized spacial score (nSPS) is 10.6. The van der Waals surface area contributed by atoms with Crippen molar-refractivity contribution < 1.29 is 14.6 Å². The van der Waals surface area contributed by atoms with Crippen molar-refractivity contribution in [1.29, 1.82) is 0 Å². The summed E-state index contributed by atoms with van der Waals surface area (Å²) in [4.78, 5) is 26.2. The van der Waals surface area contributed by atoms with Crippen LogP contribution in [0.25, 0.3) is 10.9 Å². The lowest BCUT2D eigenvalue weighted by molar-refractivity contribution is 0.0524. The summed E-state index contributed by atoms with van der Waals surface area (Å²) in [5.41, 5.74) is -0.416. The van der Waals surface area contributed by atoms with Crippen LogP contribution in [-0.4, -0.2) is 22.7 Å². The van der Waals surface area contributed by atoms with Gasteiger partial charge in [0.15, 0.2) is 5.75 Å². The molecule has 0 saturated heterocycles. The summed E-state index contributed by atoms with van der Waals surface area (Å²) in [5, 5.41) is 10.0. The molecule has 5 nitrogen and oxygen atoms in total. The lowest BCUT2D eigenvalue weighted by Gasteiger charge is -2.05. The average molecular weight is 268 g/mol. The quantitative estimate of drug-likeness (QED) is 0.817. The molecule has 0 aliphatic heterocycles. The highest BCUT2D eigenvalue weighted by Crippen LogP contribution is 2.29. The molecule has 0 bridgehead atoms. The number of hydrogen-bond donors (Lipinski definition) is 2. The molecule has 1 aromatic carbocycles. The van der Waals surface area contributed by atoms with Crippen LogP contribution in [0.2, 0.25) is 5.02 Å². The van der Waals surface area contributed by atoms with E-state index in [2.05, 4.69) is 4.98 Å². The number of phenols is 1. The largest absolute Gasteiger partial charge is 0.504 e. The van der Waals surface area contributed by atoms with Crippen LogP contribution >= 0.6 is 11.6 Å². The number of H-pyrrole nitrogens is 1. The molecule has 0 aliphatic carbocycles. The number of aromatic amines is 1. The molecule has 94 valence electrons. The number of pyridine rings is 1. The molecule has 0 fully saturated rings. The van der Waals surface area contributed by atoms with Gasteiger partial charge in [0.05, 0.1) is 22.5 Å². The second-order valence-electron chi connectivity index (χ2n) is 3.57. The van der Waals surface area contributed by atoms with Gasteiger partial charge in [-0.15, -0.1) is 0 Å². The highest BCUT2D eigenvalue weighted by Gasteiger charge is 2.16. The summed E-state index contributed by atoms with van der Waals surface area (Å²) in [6.07, 6.45) is 1.21. The van der Waals surface area contributed by atoms with Crippen LogP contribution in [0.1, 0.15) is 17.3 Å². The molecule has 0 unspecified atom stereocenters. The zero-order valence-electron chi connectivity index (χ0n) is 9.49. The van der Waals surface area contributed by atoms with Gasteiger partial charge in [0.1, 0.15) is 5.56 Å². The fraction of sp³-hybridized carbons (Fsp3) is 0.167. The summed E-state index contributed by atoms with van der Waals surface area (Å²) < 4.78 is 4.76. The van der Waals surface area contributed by atoms with E-state index >= 15 is 0 Å². The molecule has 2 N–H and O–H groups in total.